The van der Waals surface area contributed by atoms with Gasteiger partial charge in [-0.25, -0.2) is 9.45 Å². The molecule has 0 fully saturated rings. The van der Waals surface area contributed by atoms with Crippen molar-refractivity contribution in [1.82, 2.24) is 4.98 Å². The van der Waals surface area contributed by atoms with Gasteiger partial charge in [0.25, 0.3) is 0 Å². The van der Waals surface area contributed by atoms with Gasteiger partial charge in [0.1, 0.15) is 12.4 Å². The van der Waals surface area contributed by atoms with Gasteiger partial charge in [0, 0.05) is 18.0 Å². The standard InChI is InChI=1S/C20H16F4N2O/c21-19-8-4-7-18(20(22,23)24)17(19)14-27-26(16-5-2-1-3-6-16)13-15-9-11-25-12-10-15/h1-12H,13-14H2. The van der Waals surface area contributed by atoms with Gasteiger partial charge in [-0.1, -0.05) is 24.3 Å². The molecule has 0 atom stereocenters. The Morgan fingerprint density at radius 3 is 2.26 bits per heavy atom. The molecule has 0 unspecified atom stereocenters. The summed E-state index contributed by atoms with van der Waals surface area (Å²) < 4.78 is 53.6. The van der Waals surface area contributed by atoms with Crippen molar-refractivity contribution in [2.75, 3.05) is 5.06 Å². The number of benzene rings is 2. The summed E-state index contributed by atoms with van der Waals surface area (Å²) in [5, 5.41) is 1.43. The van der Waals surface area contributed by atoms with Crippen molar-refractivity contribution in [3.63, 3.8) is 0 Å². The number of hydrogen-bond acceptors (Lipinski definition) is 3. The fourth-order valence-corrected chi connectivity index (χ4v) is 2.57. The van der Waals surface area contributed by atoms with Crippen LogP contribution in [-0.4, -0.2) is 4.98 Å². The van der Waals surface area contributed by atoms with Gasteiger partial charge in [-0.15, -0.1) is 0 Å². The molecular weight excluding hydrogens is 360 g/mol. The molecule has 0 N–H and O–H groups in total. The van der Waals surface area contributed by atoms with Crippen LogP contribution in [0.25, 0.3) is 0 Å². The zero-order chi connectivity index (χ0) is 19.3. The van der Waals surface area contributed by atoms with E-state index in [2.05, 4.69) is 4.98 Å². The van der Waals surface area contributed by atoms with E-state index in [4.69, 9.17) is 4.84 Å². The first kappa shape index (κ1) is 18.8. The summed E-state index contributed by atoms with van der Waals surface area (Å²) >= 11 is 0. The lowest BCUT2D eigenvalue weighted by atomic mass is 10.1. The van der Waals surface area contributed by atoms with E-state index in [0.29, 0.717) is 5.69 Å². The van der Waals surface area contributed by atoms with E-state index in [0.717, 1.165) is 23.8 Å². The molecule has 0 aliphatic heterocycles. The van der Waals surface area contributed by atoms with Gasteiger partial charge < -0.3 is 0 Å². The molecule has 7 heteroatoms. The Hall–Kier alpha value is -2.93. The summed E-state index contributed by atoms with van der Waals surface area (Å²) in [5.74, 6) is -0.957. The van der Waals surface area contributed by atoms with Gasteiger partial charge in [0.05, 0.1) is 17.8 Å². The molecule has 1 aromatic heterocycles. The molecule has 0 saturated heterocycles. The number of para-hydroxylation sites is 1. The molecule has 0 bridgehead atoms. The monoisotopic (exact) mass is 376 g/mol. The predicted molar refractivity (Wildman–Crippen MR) is 93.1 cm³/mol. The smallest absolute Gasteiger partial charge is 0.268 e. The van der Waals surface area contributed by atoms with Crippen LogP contribution in [0, 0.1) is 5.82 Å². The summed E-state index contributed by atoms with van der Waals surface area (Å²) in [7, 11) is 0. The molecule has 3 nitrogen and oxygen atoms in total. The second-order valence-corrected chi connectivity index (χ2v) is 5.76. The molecule has 3 rings (SSSR count). The minimum atomic E-state index is -4.66. The molecule has 0 saturated carbocycles. The van der Waals surface area contributed by atoms with Crippen LogP contribution in [0.4, 0.5) is 23.2 Å². The molecule has 3 aromatic rings. The third kappa shape index (κ3) is 4.83. The molecule has 27 heavy (non-hydrogen) atoms. The minimum Gasteiger partial charge on any atom is -0.268 e. The maximum absolute atomic E-state index is 14.1. The Bertz CT molecular complexity index is 870. The van der Waals surface area contributed by atoms with Crippen LogP contribution < -0.4 is 5.06 Å². The number of hydrogen-bond donors (Lipinski definition) is 0. The van der Waals surface area contributed by atoms with E-state index in [1.807, 2.05) is 6.07 Å². The summed E-state index contributed by atoms with van der Waals surface area (Å²) in [4.78, 5) is 9.54. The van der Waals surface area contributed by atoms with Crippen LogP contribution in [0.15, 0.2) is 73.1 Å². The zero-order valence-corrected chi connectivity index (χ0v) is 14.2. The lowest BCUT2D eigenvalue weighted by molar-refractivity contribution is -0.139. The van der Waals surface area contributed by atoms with Crippen LogP contribution in [0.2, 0.25) is 0 Å². The molecule has 0 spiro atoms. The fourth-order valence-electron chi connectivity index (χ4n) is 2.57. The summed E-state index contributed by atoms with van der Waals surface area (Å²) in [6, 6.07) is 15.3. The third-order valence-corrected chi connectivity index (χ3v) is 3.91. The SMILES string of the molecule is Fc1cccc(C(F)(F)F)c1CON(Cc1ccncc1)c1ccccc1. The highest BCUT2D eigenvalue weighted by Crippen LogP contribution is 2.33. The van der Waals surface area contributed by atoms with Crippen molar-refractivity contribution in [3.8, 4) is 0 Å². The first-order valence-electron chi connectivity index (χ1n) is 8.14. The molecule has 0 aliphatic carbocycles. The van der Waals surface area contributed by atoms with Crippen LogP contribution in [0.1, 0.15) is 16.7 Å². The van der Waals surface area contributed by atoms with Crippen molar-refractivity contribution < 1.29 is 22.4 Å². The Morgan fingerprint density at radius 1 is 0.889 bits per heavy atom. The molecule has 2 aromatic carbocycles. The van der Waals surface area contributed by atoms with Crippen LogP contribution in [0.3, 0.4) is 0 Å². The van der Waals surface area contributed by atoms with E-state index in [-0.39, 0.29) is 6.54 Å². The first-order chi connectivity index (χ1) is 12.9. The molecule has 0 radical (unpaired) electrons. The Kier molecular flexibility index (Phi) is 5.71. The van der Waals surface area contributed by atoms with Gasteiger partial charge in [0.15, 0.2) is 0 Å². The molecule has 0 aliphatic rings. The highest BCUT2D eigenvalue weighted by Gasteiger charge is 2.34. The predicted octanol–water partition coefficient (Wildman–Crippen LogP) is 5.38. The van der Waals surface area contributed by atoms with Gasteiger partial charge in [0.2, 0.25) is 0 Å². The third-order valence-electron chi connectivity index (χ3n) is 3.91. The number of pyridine rings is 1. The van der Waals surface area contributed by atoms with Crippen LogP contribution in [-0.2, 0) is 24.2 Å². The number of hydroxylamine groups is 1. The maximum atomic E-state index is 14.1. The Labute approximate surface area is 153 Å². The number of aromatic nitrogens is 1. The molecular formula is C20H16F4N2O. The van der Waals surface area contributed by atoms with Crippen LogP contribution in [0.5, 0.6) is 0 Å². The lowest BCUT2D eigenvalue weighted by Gasteiger charge is -2.25. The summed E-state index contributed by atoms with van der Waals surface area (Å²) in [6.07, 6.45) is -1.45. The second kappa shape index (κ2) is 8.18. The van der Waals surface area contributed by atoms with Gasteiger partial charge in [-0.05, 0) is 42.0 Å². The van der Waals surface area contributed by atoms with E-state index < -0.39 is 29.7 Å². The first-order valence-corrected chi connectivity index (χ1v) is 8.14. The quantitative estimate of drug-likeness (QED) is 0.427. The average molecular weight is 376 g/mol. The van der Waals surface area contributed by atoms with Crippen molar-refractivity contribution in [3.05, 3.63) is 95.6 Å². The van der Waals surface area contributed by atoms with Crippen LogP contribution >= 0.6 is 0 Å². The topological polar surface area (TPSA) is 25.4 Å². The fraction of sp³-hybridized carbons (Fsp3) is 0.150. The Balaban J connectivity index is 1.86. The normalized spacial score (nSPS) is 11.4. The largest absolute Gasteiger partial charge is 0.416 e. The van der Waals surface area contributed by atoms with E-state index in [1.165, 1.54) is 5.06 Å². The van der Waals surface area contributed by atoms with Crippen molar-refractivity contribution in [1.29, 1.82) is 0 Å². The summed E-state index contributed by atoms with van der Waals surface area (Å²) in [6.45, 7) is -0.288. The van der Waals surface area contributed by atoms with E-state index >= 15 is 0 Å². The minimum absolute atomic E-state index is 0.266. The number of nitrogens with zero attached hydrogens (tertiary/aromatic N) is 2. The highest BCUT2D eigenvalue weighted by molar-refractivity contribution is 5.44. The van der Waals surface area contributed by atoms with E-state index in [9.17, 15) is 17.6 Å². The van der Waals surface area contributed by atoms with Crippen molar-refractivity contribution in [2.24, 2.45) is 0 Å². The Morgan fingerprint density at radius 2 is 1.59 bits per heavy atom. The highest BCUT2D eigenvalue weighted by atomic mass is 19.4. The zero-order valence-electron chi connectivity index (χ0n) is 14.2. The number of halogens is 4. The van der Waals surface area contributed by atoms with Gasteiger partial charge in [-0.3, -0.25) is 9.82 Å². The molecule has 1 heterocycles. The second-order valence-electron chi connectivity index (χ2n) is 5.76. The lowest BCUT2D eigenvalue weighted by Crippen LogP contribution is -2.24. The molecule has 0 amide bonds. The van der Waals surface area contributed by atoms with Crippen molar-refractivity contribution >= 4 is 5.69 Å². The number of alkyl halides is 3. The van der Waals surface area contributed by atoms with Gasteiger partial charge >= 0.3 is 6.18 Å². The number of rotatable bonds is 6. The van der Waals surface area contributed by atoms with Gasteiger partial charge in [-0.2, -0.15) is 13.2 Å². The number of anilines is 1. The average Bonchev–Trinajstić information content (AvgIpc) is 2.66. The van der Waals surface area contributed by atoms with Crippen molar-refractivity contribution in [2.45, 2.75) is 19.3 Å². The maximum Gasteiger partial charge on any atom is 0.416 e. The summed E-state index contributed by atoms with van der Waals surface area (Å²) in [5.41, 5.74) is -0.0854. The molecule has 140 valence electrons. The van der Waals surface area contributed by atoms with E-state index in [1.54, 1.807) is 48.8 Å².